The molecule has 0 bridgehead atoms. The first-order valence-corrected chi connectivity index (χ1v) is 15.4. The van der Waals surface area contributed by atoms with Crippen molar-refractivity contribution in [2.75, 3.05) is 0 Å². The van der Waals surface area contributed by atoms with Crippen LogP contribution in [0.5, 0.6) is 0 Å². The minimum atomic E-state index is -1.16. The predicted molar refractivity (Wildman–Crippen MR) is 166 cm³/mol. The summed E-state index contributed by atoms with van der Waals surface area (Å²) in [6.07, 6.45) is 7.70. The molecular formula is C36H40N2O4. The number of hydrogen-bond donors (Lipinski definition) is 4. The smallest absolute Gasteiger partial charge is 0.309 e. The summed E-state index contributed by atoms with van der Waals surface area (Å²) in [7, 11) is 0. The summed E-state index contributed by atoms with van der Waals surface area (Å²) in [6.45, 7) is 0. The number of fused-ring (bicyclic) bond motifs is 2. The van der Waals surface area contributed by atoms with E-state index in [-0.39, 0.29) is 0 Å². The Morgan fingerprint density at radius 3 is 1.26 bits per heavy atom. The lowest BCUT2D eigenvalue weighted by molar-refractivity contribution is -0.143. The van der Waals surface area contributed by atoms with Gasteiger partial charge in [-0.1, -0.05) is 111 Å². The van der Waals surface area contributed by atoms with Gasteiger partial charge in [-0.2, -0.15) is 0 Å². The first-order chi connectivity index (χ1) is 20.3. The number of carbonyl (C=O) groups excluding carboxylic acids is 2. The van der Waals surface area contributed by atoms with Gasteiger partial charge in [-0.05, 0) is 70.5 Å². The van der Waals surface area contributed by atoms with Gasteiger partial charge < -0.3 is 20.8 Å². The molecule has 0 unspecified atom stereocenters. The van der Waals surface area contributed by atoms with Crippen molar-refractivity contribution in [3.8, 4) is 0 Å². The summed E-state index contributed by atoms with van der Waals surface area (Å²) in [5.41, 5.74) is -0.765. The van der Waals surface area contributed by atoms with Crippen molar-refractivity contribution in [1.29, 1.82) is 0 Å². The fourth-order valence-corrected chi connectivity index (χ4v) is 7.13. The van der Waals surface area contributed by atoms with Crippen molar-refractivity contribution in [2.24, 2.45) is 0 Å². The van der Waals surface area contributed by atoms with Crippen molar-refractivity contribution >= 4 is 33.4 Å². The standard InChI is InChI=1S/C36H40N2O4/c39-33(37-31(35(41)19-7-1-8-20-35)29-17-15-25-11-3-5-13-27(25)23-29)34(40)38-32(36(42)21-9-2-10-22-36)30-18-16-26-12-4-6-14-28(26)24-30/h3-6,11-18,23-24,31-32,41-42H,1-2,7-10,19-22H2,(H,37,39)(H,38,40)/t31-,32-/m1/s1. The maximum absolute atomic E-state index is 13.6. The third-order valence-corrected chi connectivity index (χ3v) is 9.48. The molecule has 4 N–H and O–H groups in total. The lowest BCUT2D eigenvalue weighted by Crippen LogP contribution is -2.54. The van der Waals surface area contributed by atoms with Gasteiger partial charge >= 0.3 is 11.8 Å². The third-order valence-electron chi connectivity index (χ3n) is 9.48. The van der Waals surface area contributed by atoms with Gasteiger partial charge in [-0.25, -0.2) is 0 Å². The molecule has 4 aromatic carbocycles. The lowest BCUT2D eigenvalue weighted by atomic mass is 9.76. The van der Waals surface area contributed by atoms with Gasteiger partial charge in [0.05, 0.1) is 23.3 Å². The monoisotopic (exact) mass is 564 g/mol. The number of benzene rings is 4. The minimum absolute atomic E-state index is 0.547. The van der Waals surface area contributed by atoms with E-state index in [2.05, 4.69) is 10.6 Å². The molecule has 6 nitrogen and oxygen atoms in total. The van der Waals surface area contributed by atoms with Crippen LogP contribution in [-0.2, 0) is 9.59 Å². The highest BCUT2D eigenvalue weighted by Gasteiger charge is 2.43. The summed E-state index contributed by atoms with van der Waals surface area (Å²) in [5.74, 6) is -1.62. The molecule has 6 rings (SSSR count). The molecule has 0 aromatic heterocycles. The highest BCUT2D eigenvalue weighted by Crippen LogP contribution is 2.41. The fraction of sp³-hybridized carbons (Fsp3) is 0.389. The van der Waals surface area contributed by atoms with Gasteiger partial charge in [0.25, 0.3) is 0 Å². The van der Waals surface area contributed by atoms with E-state index in [4.69, 9.17) is 0 Å². The SMILES string of the molecule is O=C(N[C@H](c1ccc2ccccc2c1)C1(O)CCCCC1)C(=O)N[C@H](c1ccc2ccccc2c1)C1(O)CCCCC1. The van der Waals surface area contributed by atoms with Crippen molar-refractivity contribution in [3.05, 3.63) is 96.1 Å². The Labute approximate surface area is 247 Å². The maximum atomic E-state index is 13.6. The molecule has 2 amide bonds. The van der Waals surface area contributed by atoms with Gasteiger partial charge in [0.1, 0.15) is 0 Å². The van der Waals surface area contributed by atoms with E-state index >= 15 is 0 Å². The number of hydrogen-bond acceptors (Lipinski definition) is 4. The summed E-state index contributed by atoms with van der Waals surface area (Å²) in [6, 6.07) is 26.3. The van der Waals surface area contributed by atoms with Crippen molar-refractivity contribution in [2.45, 2.75) is 87.5 Å². The number of rotatable bonds is 6. The van der Waals surface area contributed by atoms with Crippen LogP contribution >= 0.6 is 0 Å². The summed E-state index contributed by atoms with van der Waals surface area (Å²) < 4.78 is 0. The molecule has 0 aliphatic heterocycles. The first kappa shape index (κ1) is 28.4. The third kappa shape index (κ3) is 5.79. The Morgan fingerprint density at radius 1 is 0.524 bits per heavy atom. The van der Waals surface area contributed by atoms with Gasteiger partial charge in [0.2, 0.25) is 0 Å². The Bertz CT molecular complexity index is 1470. The molecule has 0 radical (unpaired) electrons. The van der Waals surface area contributed by atoms with Gasteiger partial charge in [-0.15, -0.1) is 0 Å². The van der Waals surface area contributed by atoms with E-state index in [1.165, 1.54) is 0 Å². The Kier molecular flexibility index (Phi) is 8.02. The first-order valence-electron chi connectivity index (χ1n) is 15.4. The summed E-state index contributed by atoms with van der Waals surface area (Å²) in [4.78, 5) is 27.3. The molecule has 2 aliphatic rings. The summed E-state index contributed by atoms with van der Waals surface area (Å²) in [5, 5.41) is 33.6. The molecule has 2 fully saturated rings. The van der Waals surface area contributed by atoms with Crippen LogP contribution in [0.1, 0.15) is 87.4 Å². The molecule has 6 heteroatoms. The quantitative estimate of drug-likeness (QED) is 0.204. The van der Waals surface area contributed by atoms with E-state index in [0.717, 1.165) is 71.2 Å². The van der Waals surface area contributed by atoms with Gasteiger partial charge in [-0.3, -0.25) is 9.59 Å². The van der Waals surface area contributed by atoms with Crippen LogP contribution in [0, 0.1) is 0 Å². The van der Waals surface area contributed by atoms with Crippen LogP contribution in [0.15, 0.2) is 84.9 Å². The van der Waals surface area contributed by atoms with Crippen LogP contribution in [0.4, 0.5) is 0 Å². The average molecular weight is 565 g/mol. The molecule has 2 aliphatic carbocycles. The van der Waals surface area contributed by atoms with Crippen molar-refractivity contribution in [1.82, 2.24) is 10.6 Å². The molecule has 0 spiro atoms. The van der Waals surface area contributed by atoms with Crippen LogP contribution in [0.3, 0.4) is 0 Å². The zero-order valence-corrected chi connectivity index (χ0v) is 24.0. The second-order valence-electron chi connectivity index (χ2n) is 12.4. The molecule has 0 saturated heterocycles. The Hall–Kier alpha value is -3.74. The molecule has 2 atom stereocenters. The second-order valence-corrected chi connectivity index (χ2v) is 12.4. The molecule has 218 valence electrons. The molecule has 0 heterocycles. The van der Waals surface area contributed by atoms with E-state index < -0.39 is 35.1 Å². The maximum Gasteiger partial charge on any atom is 0.309 e. The van der Waals surface area contributed by atoms with E-state index in [0.29, 0.717) is 25.7 Å². The Balaban J connectivity index is 1.29. The van der Waals surface area contributed by atoms with Crippen LogP contribution in [-0.4, -0.2) is 33.2 Å². The van der Waals surface area contributed by atoms with Crippen LogP contribution < -0.4 is 10.6 Å². The van der Waals surface area contributed by atoms with E-state index in [1.807, 2.05) is 84.9 Å². The lowest BCUT2D eigenvalue weighted by Gasteiger charge is -2.41. The number of nitrogens with one attached hydrogen (secondary N) is 2. The zero-order valence-electron chi connectivity index (χ0n) is 24.0. The topological polar surface area (TPSA) is 98.7 Å². The van der Waals surface area contributed by atoms with Crippen molar-refractivity contribution < 1.29 is 19.8 Å². The normalized spacial score (nSPS) is 19.6. The average Bonchev–Trinajstić information content (AvgIpc) is 3.02. The van der Waals surface area contributed by atoms with E-state index in [9.17, 15) is 19.8 Å². The number of amides is 2. The highest BCUT2D eigenvalue weighted by molar-refractivity contribution is 6.35. The predicted octanol–water partition coefficient (Wildman–Crippen LogP) is 6.40. The fourth-order valence-electron chi connectivity index (χ4n) is 7.13. The van der Waals surface area contributed by atoms with Crippen LogP contribution in [0.25, 0.3) is 21.5 Å². The number of carbonyl (C=O) groups is 2. The second kappa shape index (κ2) is 11.9. The molecule has 42 heavy (non-hydrogen) atoms. The van der Waals surface area contributed by atoms with Gasteiger partial charge in [0, 0.05) is 0 Å². The zero-order chi connectivity index (χ0) is 29.2. The summed E-state index contributed by atoms with van der Waals surface area (Å²) >= 11 is 0. The van der Waals surface area contributed by atoms with Crippen molar-refractivity contribution in [3.63, 3.8) is 0 Å². The highest BCUT2D eigenvalue weighted by atomic mass is 16.3. The molecule has 4 aromatic rings. The van der Waals surface area contributed by atoms with E-state index in [1.54, 1.807) is 0 Å². The molecule has 2 saturated carbocycles. The largest absolute Gasteiger partial charge is 0.387 e. The molecular weight excluding hydrogens is 524 g/mol. The van der Waals surface area contributed by atoms with Gasteiger partial charge in [0.15, 0.2) is 0 Å². The van der Waals surface area contributed by atoms with Crippen LogP contribution in [0.2, 0.25) is 0 Å². The minimum Gasteiger partial charge on any atom is -0.387 e. The Morgan fingerprint density at radius 2 is 0.881 bits per heavy atom. The number of aliphatic hydroxyl groups is 2.